The summed E-state index contributed by atoms with van der Waals surface area (Å²) in [6.07, 6.45) is 3.89. The van der Waals surface area contributed by atoms with Gasteiger partial charge in [0, 0.05) is 42.9 Å². The number of piperidine rings is 1. The van der Waals surface area contributed by atoms with Crippen molar-refractivity contribution in [3.05, 3.63) is 42.4 Å². The molecule has 1 saturated carbocycles. The molecule has 58 heavy (non-hydrogen) atoms. The highest BCUT2D eigenvalue weighted by atomic mass is 16.7. The number of aromatic nitrogens is 2. The molecule has 9 atom stereocenters. The van der Waals surface area contributed by atoms with Crippen molar-refractivity contribution >= 4 is 35.2 Å². The van der Waals surface area contributed by atoms with E-state index < -0.39 is 46.9 Å². The van der Waals surface area contributed by atoms with Crippen molar-refractivity contribution in [1.82, 2.24) is 30.8 Å². The number of benzene rings is 1. The molecule has 15 heteroatoms. The minimum Gasteiger partial charge on any atom is -0.394 e. The smallest absolute Gasteiger partial charge is 0.265 e. The molecule has 5 heterocycles. The number of hydrogen-bond donors (Lipinski definition) is 5. The predicted octanol–water partition coefficient (Wildman–Crippen LogP) is 3.42. The highest BCUT2D eigenvalue weighted by molar-refractivity contribution is 6.44. The first kappa shape index (κ1) is 44.6. The average Bonchev–Trinajstić information content (AvgIpc) is 4.01. The van der Waals surface area contributed by atoms with Crippen LogP contribution in [0.4, 0.5) is 0 Å². The molecule has 2 bridgehead atoms. The third-order valence-electron chi connectivity index (χ3n) is 11.6. The molecule has 7 rings (SSSR count). The maximum Gasteiger partial charge on any atom is 0.265 e. The Morgan fingerprint density at radius 3 is 2.33 bits per heavy atom. The molecule has 7 unspecified atom stereocenters. The standard InChI is InChI=1S/C38H48N6O8.C3H8O.C2H6/c1-38(2,3)31(43-35(49)28-22-15-23-24(28)19-52-37(23)51-18-22)36(50)44-14-8-12-27(44)34(48)42-25(16-21-11-7-13-39-33(21)47)29(45)30(46)32-40-17-26(41-32)20-9-5-4-6-10-20;1-3(2)4;1-2/h4-6,9-10,17,21-25,27-28,31,37H,7-8,11-16,18-19H2,1-3H3,(H,39,47)(H,40,41)(H,42,48)(H,43,49);3-4H,1-2H3;1-2H3/t21?,22?,23?,24-,25?,27?,28?,31-,37?;;/m1../s1. The first-order valence-electron chi connectivity index (χ1n) is 20.9. The zero-order valence-electron chi connectivity index (χ0n) is 34.9. The second-order valence-electron chi connectivity index (χ2n) is 17.1. The van der Waals surface area contributed by atoms with Crippen LogP contribution in [0.1, 0.15) is 97.6 Å². The Morgan fingerprint density at radius 1 is 0.966 bits per heavy atom. The monoisotopic (exact) mass is 806 g/mol. The van der Waals surface area contributed by atoms with E-state index in [0.717, 1.165) is 12.0 Å². The van der Waals surface area contributed by atoms with Crippen LogP contribution < -0.4 is 16.0 Å². The van der Waals surface area contributed by atoms with Gasteiger partial charge in [0.25, 0.3) is 5.78 Å². The Kier molecular flexibility index (Phi) is 15.0. The van der Waals surface area contributed by atoms with Gasteiger partial charge in [-0.25, -0.2) is 4.98 Å². The van der Waals surface area contributed by atoms with Gasteiger partial charge in [-0.1, -0.05) is 65.0 Å². The molecule has 2 aromatic rings. The van der Waals surface area contributed by atoms with Crippen molar-refractivity contribution in [2.24, 2.45) is 35.0 Å². The quantitative estimate of drug-likeness (QED) is 0.165. The number of nitrogens with zero attached hydrogens (tertiary/aromatic N) is 2. The van der Waals surface area contributed by atoms with Crippen molar-refractivity contribution in [3.63, 3.8) is 0 Å². The third kappa shape index (κ3) is 10.2. The van der Waals surface area contributed by atoms with E-state index in [1.54, 1.807) is 13.8 Å². The highest BCUT2D eigenvalue weighted by Gasteiger charge is 2.57. The third-order valence-corrected chi connectivity index (χ3v) is 11.6. The molecule has 4 aliphatic heterocycles. The normalized spacial score (nSPS) is 26.9. The number of ketones is 2. The summed E-state index contributed by atoms with van der Waals surface area (Å²) >= 11 is 0. The molecule has 318 valence electrons. The summed E-state index contributed by atoms with van der Waals surface area (Å²) in [5.74, 6) is -4.06. The average molecular weight is 807 g/mol. The molecule has 5 aliphatic rings. The number of aliphatic hydroxyl groups is 1. The zero-order valence-corrected chi connectivity index (χ0v) is 34.9. The summed E-state index contributed by atoms with van der Waals surface area (Å²) in [6.45, 7) is 14.8. The molecule has 5 fully saturated rings. The molecule has 0 radical (unpaired) electrons. The number of ether oxygens (including phenoxy) is 2. The second kappa shape index (κ2) is 19.5. The van der Waals surface area contributed by atoms with Gasteiger partial charge in [-0.3, -0.25) is 28.8 Å². The largest absolute Gasteiger partial charge is 0.394 e. The predicted molar refractivity (Wildman–Crippen MR) is 215 cm³/mol. The molecule has 5 N–H and O–H groups in total. The molecule has 1 aromatic carbocycles. The molecule has 1 aromatic heterocycles. The fraction of sp³-hybridized carbons (Fsp3) is 0.651. The topological polar surface area (TPSA) is 209 Å². The highest BCUT2D eigenvalue weighted by Crippen LogP contribution is 2.51. The van der Waals surface area contributed by atoms with Crippen molar-refractivity contribution < 1.29 is 43.3 Å². The summed E-state index contributed by atoms with van der Waals surface area (Å²) < 4.78 is 11.6. The van der Waals surface area contributed by atoms with Crippen molar-refractivity contribution in [3.8, 4) is 11.3 Å². The minimum atomic E-state index is -1.32. The molecule has 15 nitrogen and oxygen atoms in total. The number of fused-ring (bicyclic) bond motifs is 1. The maximum absolute atomic E-state index is 14.3. The molecule has 0 spiro atoms. The lowest BCUT2D eigenvalue weighted by molar-refractivity contribution is -0.168. The van der Waals surface area contributed by atoms with Gasteiger partial charge in [0.2, 0.25) is 29.4 Å². The molecular formula is C43H62N6O9. The van der Waals surface area contributed by atoms with E-state index in [1.807, 2.05) is 65.0 Å². The number of nitrogens with one attached hydrogen (secondary N) is 4. The summed E-state index contributed by atoms with van der Waals surface area (Å²) in [7, 11) is 0. The minimum absolute atomic E-state index is 0.0352. The Morgan fingerprint density at radius 2 is 1.66 bits per heavy atom. The van der Waals surface area contributed by atoms with Gasteiger partial charge in [-0.05, 0) is 69.3 Å². The number of carbonyl (C=O) groups is 6. The second-order valence-corrected chi connectivity index (χ2v) is 17.1. The number of aliphatic hydroxyl groups excluding tert-OH is 1. The molecule has 4 amide bonds. The Bertz CT molecular complexity index is 1770. The van der Waals surface area contributed by atoms with Gasteiger partial charge >= 0.3 is 0 Å². The van der Waals surface area contributed by atoms with Crippen LogP contribution in [0.3, 0.4) is 0 Å². The van der Waals surface area contributed by atoms with E-state index >= 15 is 0 Å². The number of likely N-dealkylation sites (tertiary alicyclic amines) is 1. The number of hydrogen-bond acceptors (Lipinski definition) is 10. The lowest BCUT2D eigenvalue weighted by Crippen LogP contribution is -2.60. The van der Waals surface area contributed by atoms with Gasteiger partial charge in [-0.2, -0.15) is 0 Å². The van der Waals surface area contributed by atoms with Crippen LogP contribution in [-0.2, 0) is 33.4 Å². The Balaban J connectivity index is 0.00000101. The Labute approximate surface area is 341 Å². The summed E-state index contributed by atoms with van der Waals surface area (Å²) in [5.41, 5.74) is 0.646. The van der Waals surface area contributed by atoms with Crippen molar-refractivity contribution in [1.29, 1.82) is 0 Å². The van der Waals surface area contributed by atoms with E-state index in [9.17, 15) is 28.8 Å². The van der Waals surface area contributed by atoms with E-state index in [1.165, 1.54) is 11.1 Å². The van der Waals surface area contributed by atoms with Crippen LogP contribution in [0.25, 0.3) is 11.3 Å². The number of rotatable bonds is 11. The maximum atomic E-state index is 14.3. The van der Waals surface area contributed by atoms with Gasteiger partial charge in [0.05, 0.1) is 31.1 Å². The van der Waals surface area contributed by atoms with Gasteiger partial charge in [0.15, 0.2) is 12.1 Å². The van der Waals surface area contributed by atoms with Crippen LogP contribution in [0, 0.1) is 35.0 Å². The lowest BCUT2D eigenvalue weighted by Gasteiger charge is -2.37. The van der Waals surface area contributed by atoms with Crippen molar-refractivity contribution in [2.75, 3.05) is 26.3 Å². The van der Waals surface area contributed by atoms with Crippen LogP contribution >= 0.6 is 0 Å². The van der Waals surface area contributed by atoms with Crippen molar-refractivity contribution in [2.45, 2.75) is 118 Å². The van der Waals surface area contributed by atoms with E-state index in [0.29, 0.717) is 51.1 Å². The fourth-order valence-corrected chi connectivity index (χ4v) is 8.80. The number of amides is 4. The van der Waals surface area contributed by atoms with E-state index in [-0.39, 0.29) is 72.6 Å². The van der Waals surface area contributed by atoms with Crippen LogP contribution in [-0.4, -0.2) is 112 Å². The summed E-state index contributed by atoms with van der Waals surface area (Å²) in [6, 6.07) is 6.04. The first-order valence-corrected chi connectivity index (χ1v) is 20.9. The molecular weight excluding hydrogens is 745 g/mol. The lowest BCUT2D eigenvalue weighted by atomic mass is 9.83. The number of carbonyl (C=O) groups excluding carboxylic acids is 6. The summed E-state index contributed by atoms with van der Waals surface area (Å²) in [4.78, 5) is 91.0. The number of Topliss-reactive ketones (excluding diaryl/α,β-unsaturated/α-hetero) is 2. The number of H-pyrrole nitrogens is 1. The van der Waals surface area contributed by atoms with Crippen LogP contribution in [0.15, 0.2) is 36.5 Å². The summed E-state index contributed by atoms with van der Waals surface area (Å²) in [5, 5.41) is 16.7. The molecule has 4 saturated heterocycles. The SMILES string of the molecule is CC.CC(C)(C)[C@H](NC(=O)C1C2COC3OC[C@@H]1C3C2)C(=O)N1CCCC1C(=O)NC(CC1CCCNC1=O)C(=O)C(=O)c1ncc(-c2ccccc2)[nH]1.CC(C)O. The van der Waals surface area contributed by atoms with E-state index in [4.69, 9.17) is 14.6 Å². The zero-order chi connectivity index (χ0) is 42.3. The Hall–Kier alpha value is -4.47. The first-order chi connectivity index (χ1) is 27.6. The van der Waals surface area contributed by atoms with E-state index in [2.05, 4.69) is 25.9 Å². The fourth-order valence-electron chi connectivity index (χ4n) is 8.80. The number of aromatic amines is 1. The van der Waals surface area contributed by atoms with Crippen LogP contribution in [0.2, 0.25) is 0 Å². The van der Waals surface area contributed by atoms with Gasteiger partial charge in [0.1, 0.15) is 12.1 Å². The van der Waals surface area contributed by atoms with Gasteiger partial charge < -0.3 is 40.4 Å². The van der Waals surface area contributed by atoms with Gasteiger partial charge in [-0.15, -0.1) is 0 Å². The molecule has 1 aliphatic carbocycles. The number of imidazole rings is 1. The van der Waals surface area contributed by atoms with Crippen LogP contribution in [0.5, 0.6) is 0 Å².